The van der Waals surface area contributed by atoms with Crippen molar-refractivity contribution in [2.24, 2.45) is 0 Å². The van der Waals surface area contributed by atoms with Gasteiger partial charge in [0.15, 0.2) is 5.06 Å². The lowest BCUT2D eigenvalue weighted by molar-refractivity contribution is -0.135. The molecule has 0 spiro atoms. The maximum atomic E-state index is 12.7. The second-order valence-electron chi connectivity index (χ2n) is 5.38. The van der Waals surface area contributed by atoms with E-state index in [9.17, 15) is 19.5 Å². The van der Waals surface area contributed by atoms with Crippen LogP contribution in [-0.4, -0.2) is 28.6 Å². The SMILES string of the molecule is O=C(O)CNC(=O)c1c(O)sc2ccc(-c3ccccc3Cl)cc2c1=O. The quantitative estimate of drug-likeness (QED) is 0.636. The number of rotatable bonds is 4. The van der Waals surface area contributed by atoms with Gasteiger partial charge in [-0.3, -0.25) is 14.4 Å². The Kier molecular flexibility index (Phi) is 4.92. The molecule has 1 amide bonds. The smallest absolute Gasteiger partial charge is 0.322 e. The molecule has 0 saturated heterocycles. The topological polar surface area (TPSA) is 104 Å². The fraction of sp³-hybridized carbons (Fsp3) is 0.0556. The largest absolute Gasteiger partial charge is 0.499 e. The van der Waals surface area contributed by atoms with E-state index in [0.717, 1.165) is 16.9 Å². The van der Waals surface area contributed by atoms with Crippen molar-refractivity contribution >= 4 is 44.9 Å². The summed E-state index contributed by atoms with van der Waals surface area (Å²) in [5.41, 5.74) is 0.272. The zero-order chi connectivity index (χ0) is 18.8. The van der Waals surface area contributed by atoms with Crippen molar-refractivity contribution in [3.8, 4) is 16.2 Å². The molecule has 0 saturated carbocycles. The highest BCUT2D eigenvalue weighted by molar-refractivity contribution is 7.20. The summed E-state index contributed by atoms with van der Waals surface area (Å²) >= 11 is 7.06. The molecular formula is C18H12ClNO5S. The summed E-state index contributed by atoms with van der Waals surface area (Å²) < 4.78 is 0.498. The maximum absolute atomic E-state index is 12.7. The minimum Gasteiger partial charge on any atom is -0.499 e. The first kappa shape index (κ1) is 17.9. The zero-order valence-electron chi connectivity index (χ0n) is 13.2. The molecule has 1 heterocycles. The van der Waals surface area contributed by atoms with Gasteiger partial charge in [-0.2, -0.15) is 0 Å². The lowest BCUT2D eigenvalue weighted by Crippen LogP contribution is -2.32. The third-order valence-electron chi connectivity index (χ3n) is 3.68. The zero-order valence-corrected chi connectivity index (χ0v) is 14.7. The molecule has 132 valence electrons. The third-order valence-corrected chi connectivity index (χ3v) is 4.99. The van der Waals surface area contributed by atoms with Gasteiger partial charge in [0.05, 0.1) is 0 Å². The standard InChI is InChI=1S/C18H12ClNO5S/c19-12-4-2-1-3-10(12)9-5-6-13-11(7-9)16(23)15(18(25)26-13)17(24)20-8-14(21)22/h1-7,25H,8H2,(H,20,24)(H,21,22). The number of amides is 1. The van der Waals surface area contributed by atoms with Gasteiger partial charge in [0.1, 0.15) is 12.1 Å². The molecule has 0 radical (unpaired) electrons. The van der Waals surface area contributed by atoms with Crippen molar-refractivity contribution in [2.75, 3.05) is 6.54 Å². The molecule has 6 nitrogen and oxygen atoms in total. The van der Waals surface area contributed by atoms with Crippen LogP contribution in [0.4, 0.5) is 0 Å². The van der Waals surface area contributed by atoms with Crippen molar-refractivity contribution in [3.05, 3.63) is 63.3 Å². The van der Waals surface area contributed by atoms with E-state index in [0.29, 0.717) is 15.3 Å². The number of hydrogen-bond donors (Lipinski definition) is 3. The van der Waals surface area contributed by atoms with Crippen LogP contribution in [0.5, 0.6) is 5.06 Å². The molecule has 0 atom stereocenters. The number of aromatic hydroxyl groups is 1. The van der Waals surface area contributed by atoms with Gasteiger partial charge in [0.2, 0.25) is 5.43 Å². The minimum absolute atomic E-state index is 0.241. The lowest BCUT2D eigenvalue weighted by Gasteiger charge is -2.08. The van der Waals surface area contributed by atoms with Crippen LogP contribution in [0.1, 0.15) is 10.4 Å². The first-order chi connectivity index (χ1) is 12.4. The molecular weight excluding hydrogens is 378 g/mol. The minimum atomic E-state index is -1.25. The van der Waals surface area contributed by atoms with E-state index in [2.05, 4.69) is 5.32 Å². The summed E-state index contributed by atoms with van der Waals surface area (Å²) in [5, 5.41) is 21.1. The average Bonchev–Trinajstić information content (AvgIpc) is 2.60. The molecule has 3 aromatic rings. The summed E-state index contributed by atoms with van der Waals surface area (Å²) in [4.78, 5) is 35.4. The molecule has 0 aliphatic heterocycles. The number of carbonyl (C=O) groups is 2. The van der Waals surface area contributed by atoms with E-state index in [1.54, 1.807) is 36.4 Å². The highest BCUT2D eigenvalue weighted by Gasteiger charge is 2.20. The number of carboxylic acids is 1. The average molecular weight is 390 g/mol. The Balaban J connectivity index is 2.15. The van der Waals surface area contributed by atoms with Gasteiger partial charge in [0.25, 0.3) is 5.91 Å². The fourth-order valence-electron chi connectivity index (χ4n) is 2.49. The Morgan fingerprint density at radius 3 is 2.58 bits per heavy atom. The van der Waals surface area contributed by atoms with E-state index in [1.165, 1.54) is 0 Å². The third kappa shape index (κ3) is 3.40. The van der Waals surface area contributed by atoms with Crippen molar-refractivity contribution in [1.82, 2.24) is 5.32 Å². The predicted molar refractivity (Wildman–Crippen MR) is 100 cm³/mol. The van der Waals surface area contributed by atoms with Crippen LogP contribution >= 0.6 is 22.9 Å². The molecule has 2 aromatic carbocycles. The molecule has 0 bridgehead atoms. The number of carboxylic acid groups (broad SMARTS) is 1. The molecule has 0 aliphatic rings. The van der Waals surface area contributed by atoms with E-state index >= 15 is 0 Å². The number of fused-ring (bicyclic) bond motifs is 1. The normalized spacial score (nSPS) is 10.7. The van der Waals surface area contributed by atoms with Crippen LogP contribution in [0.3, 0.4) is 0 Å². The number of halogens is 1. The molecule has 0 unspecified atom stereocenters. The molecule has 1 aromatic heterocycles. The number of nitrogens with one attached hydrogen (secondary N) is 1. The van der Waals surface area contributed by atoms with Gasteiger partial charge in [-0.15, -0.1) is 0 Å². The van der Waals surface area contributed by atoms with Crippen molar-refractivity contribution in [3.63, 3.8) is 0 Å². The van der Waals surface area contributed by atoms with E-state index in [1.807, 2.05) is 6.07 Å². The number of hydrogen-bond acceptors (Lipinski definition) is 5. The van der Waals surface area contributed by atoms with Crippen LogP contribution in [0, 0.1) is 0 Å². The van der Waals surface area contributed by atoms with Gasteiger partial charge in [0, 0.05) is 20.7 Å². The van der Waals surface area contributed by atoms with Crippen molar-refractivity contribution in [1.29, 1.82) is 0 Å². The Hall–Kier alpha value is -2.90. The second-order valence-corrected chi connectivity index (χ2v) is 6.82. The van der Waals surface area contributed by atoms with Gasteiger partial charge >= 0.3 is 5.97 Å². The van der Waals surface area contributed by atoms with Gasteiger partial charge in [-0.25, -0.2) is 0 Å². The first-order valence-electron chi connectivity index (χ1n) is 7.43. The summed E-state index contributed by atoms with van der Waals surface area (Å²) in [6, 6.07) is 12.2. The molecule has 26 heavy (non-hydrogen) atoms. The predicted octanol–water partition coefficient (Wildman–Crippen LogP) is 3.10. The highest BCUT2D eigenvalue weighted by atomic mass is 35.5. The van der Waals surface area contributed by atoms with Gasteiger partial charge in [-0.05, 0) is 23.8 Å². The van der Waals surface area contributed by atoms with Crippen LogP contribution in [0.25, 0.3) is 21.2 Å². The summed E-state index contributed by atoms with van der Waals surface area (Å²) in [5.74, 6) is -2.19. The number of aliphatic carboxylic acids is 1. The van der Waals surface area contributed by atoms with Crippen molar-refractivity contribution < 1.29 is 19.8 Å². The molecule has 3 rings (SSSR count). The maximum Gasteiger partial charge on any atom is 0.322 e. The van der Waals surface area contributed by atoms with Gasteiger partial charge in [-0.1, -0.05) is 47.2 Å². The lowest BCUT2D eigenvalue weighted by atomic mass is 10.0. The Morgan fingerprint density at radius 1 is 1.15 bits per heavy atom. The molecule has 8 heteroatoms. The van der Waals surface area contributed by atoms with E-state index < -0.39 is 34.5 Å². The van der Waals surface area contributed by atoms with Crippen LogP contribution < -0.4 is 10.7 Å². The van der Waals surface area contributed by atoms with Crippen LogP contribution in [0.2, 0.25) is 5.02 Å². The molecule has 3 N–H and O–H groups in total. The summed E-state index contributed by atoms with van der Waals surface area (Å²) in [6.45, 7) is -0.653. The molecule has 0 fully saturated rings. The number of carbonyl (C=O) groups excluding carboxylic acids is 1. The Bertz CT molecular complexity index is 1090. The van der Waals surface area contributed by atoms with E-state index in [4.69, 9.17) is 16.7 Å². The monoisotopic (exact) mass is 389 g/mol. The Morgan fingerprint density at radius 2 is 1.88 bits per heavy atom. The number of benzene rings is 2. The summed E-state index contributed by atoms with van der Waals surface area (Å²) in [7, 11) is 0. The first-order valence-corrected chi connectivity index (χ1v) is 8.62. The van der Waals surface area contributed by atoms with Crippen LogP contribution in [-0.2, 0) is 4.79 Å². The summed E-state index contributed by atoms with van der Waals surface area (Å²) in [6.07, 6.45) is 0. The molecule has 0 aliphatic carbocycles. The second kappa shape index (κ2) is 7.15. The fourth-order valence-corrected chi connectivity index (χ4v) is 3.63. The van der Waals surface area contributed by atoms with Crippen molar-refractivity contribution in [2.45, 2.75) is 0 Å². The van der Waals surface area contributed by atoms with Crippen LogP contribution in [0.15, 0.2) is 47.3 Å². The van der Waals surface area contributed by atoms with Gasteiger partial charge < -0.3 is 15.5 Å². The Labute approximate surface area is 156 Å². The highest BCUT2D eigenvalue weighted by Crippen LogP contribution is 2.33. The van der Waals surface area contributed by atoms with E-state index in [-0.39, 0.29) is 5.39 Å².